The van der Waals surface area contributed by atoms with Crippen LogP contribution < -0.4 is 5.32 Å². The molecule has 0 aromatic heterocycles. The van der Waals surface area contributed by atoms with Crippen molar-refractivity contribution >= 4 is 23.3 Å². The minimum absolute atomic E-state index is 0.176. The first kappa shape index (κ1) is 15.3. The zero-order chi connectivity index (χ0) is 15.4. The van der Waals surface area contributed by atoms with Gasteiger partial charge in [0.15, 0.2) is 0 Å². The van der Waals surface area contributed by atoms with Crippen LogP contribution in [0.4, 0.5) is 14.5 Å². The number of carbonyl (C=O) groups is 1. The zero-order valence-electron chi connectivity index (χ0n) is 11.1. The Morgan fingerprint density at radius 3 is 2.62 bits per heavy atom. The van der Waals surface area contributed by atoms with Gasteiger partial charge >= 0.3 is 5.97 Å². The fourth-order valence-electron chi connectivity index (χ4n) is 1.76. The summed E-state index contributed by atoms with van der Waals surface area (Å²) in [5.74, 6) is -1.88. The molecule has 0 aliphatic rings. The first-order valence-electron chi connectivity index (χ1n) is 6.07. The number of hydrogen-bond donors (Lipinski definition) is 1. The van der Waals surface area contributed by atoms with Crippen LogP contribution >= 0.6 is 11.6 Å². The highest BCUT2D eigenvalue weighted by Crippen LogP contribution is 2.19. The maximum absolute atomic E-state index is 13.6. The van der Waals surface area contributed by atoms with Gasteiger partial charge in [0.25, 0.3) is 0 Å². The Morgan fingerprint density at radius 2 is 1.95 bits per heavy atom. The van der Waals surface area contributed by atoms with E-state index in [0.717, 1.165) is 6.07 Å². The smallest absolute Gasteiger partial charge is 0.340 e. The lowest BCUT2D eigenvalue weighted by molar-refractivity contribution is 0.0595. The Bertz CT molecular complexity index is 677. The zero-order valence-corrected chi connectivity index (χ0v) is 11.9. The molecule has 0 aliphatic carbocycles. The normalized spacial score (nSPS) is 10.3. The summed E-state index contributed by atoms with van der Waals surface area (Å²) in [4.78, 5) is 11.4. The van der Waals surface area contributed by atoms with E-state index >= 15 is 0 Å². The van der Waals surface area contributed by atoms with E-state index in [4.69, 9.17) is 11.6 Å². The average molecular weight is 312 g/mol. The number of ether oxygens (including phenoxy) is 1. The summed E-state index contributed by atoms with van der Waals surface area (Å²) in [5.41, 5.74) is 0.702. The standard InChI is InChI=1S/C15H12ClF2NO2/c1-21-15(20)12-7-11(4-5-13(12)17)19-8-9-2-3-10(16)6-14(9)18/h2-7,19H,8H2,1H3. The molecule has 0 bridgehead atoms. The molecule has 0 saturated carbocycles. The molecule has 6 heteroatoms. The van der Waals surface area contributed by atoms with E-state index in [1.165, 1.54) is 25.3 Å². The molecule has 0 atom stereocenters. The Morgan fingerprint density at radius 1 is 1.19 bits per heavy atom. The van der Waals surface area contributed by atoms with Crippen molar-refractivity contribution in [3.8, 4) is 0 Å². The van der Waals surface area contributed by atoms with E-state index in [2.05, 4.69) is 10.1 Å². The van der Waals surface area contributed by atoms with E-state index in [-0.39, 0.29) is 12.1 Å². The minimum atomic E-state index is -0.770. The minimum Gasteiger partial charge on any atom is -0.465 e. The molecule has 0 spiro atoms. The number of carbonyl (C=O) groups excluding carboxylic acids is 1. The number of rotatable bonds is 4. The number of nitrogens with one attached hydrogen (secondary N) is 1. The van der Waals surface area contributed by atoms with Crippen LogP contribution in [-0.4, -0.2) is 13.1 Å². The maximum atomic E-state index is 13.6. The van der Waals surface area contributed by atoms with Gasteiger partial charge in [0.05, 0.1) is 12.7 Å². The lowest BCUT2D eigenvalue weighted by Crippen LogP contribution is -2.07. The summed E-state index contributed by atoms with van der Waals surface area (Å²) < 4.78 is 31.6. The quantitative estimate of drug-likeness (QED) is 0.867. The van der Waals surface area contributed by atoms with Crippen molar-refractivity contribution in [1.29, 1.82) is 0 Å². The number of methoxy groups -OCH3 is 1. The largest absolute Gasteiger partial charge is 0.465 e. The third kappa shape index (κ3) is 3.70. The molecule has 1 N–H and O–H groups in total. The summed E-state index contributed by atoms with van der Waals surface area (Å²) >= 11 is 5.67. The molecule has 0 saturated heterocycles. The molecule has 2 aromatic carbocycles. The van der Waals surface area contributed by atoms with Crippen LogP contribution in [-0.2, 0) is 11.3 Å². The molecular formula is C15H12ClF2NO2. The van der Waals surface area contributed by atoms with Crippen molar-refractivity contribution in [3.63, 3.8) is 0 Å². The third-order valence-electron chi connectivity index (χ3n) is 2.87. The van der Waals surface area contributed by atoms with Gasteiger partial charge in [-0.3, -0.25) is 0 Å². The van der Waals surface area contributed by atoms with E-state index < -0.39 is 17.6 Å². The fourth-order valence-corrected chi connectivity index (χ4v) is 1.92. The molecule has 21 heavy (non-hydrogen) atoms. The first-order chi connectivity index (χ1) is 10.0. The molecule has 0 heterocycles. The molecule has 0 radical (unpaired) electrons. The van der Waals surface area contributed by atoms with Crippen LogP contribution in [0, 0.1) is 11.6 Å². The Labute approximate surface area is 125 Å². The van der Waals surface area contributed by atoms with Crippen molar-refractivity contribution in [3.05, 3.63) is 64.2 Å². The summed E-state index contributed by atoms with van der Waals surface area (Å²) in [7, 11) is 1.17. The van der Waals surface area contributed by atoms with E-state index in [1.807, 2.05) is 0 Å². The van der Waals surface area contributed by atoms with Gasteiger partial charge in [-0.05, 0) is 30.3 Å². The van der Waals surface area contributed by atoms with Gasteiger partial charge in [0.2, 0.25) is 0 Å². The van der Waals surface area contributed by atoms with Crippen LogP contribution in [0.3, 0.4) is 0 Å². The SMILES string of the molecule is COC(=O)c1cc(NCc2ccc(Cl)cc2F)ccc1F. The lowest BCUT2D eigenvalue weighted by Gasteiger charge is -2.09. The van der Waals surface area contributed by atoms with E-state index in [9.17, 15) is 13.6 Å². The van der Waals surface area contributed by atoms with Crippen LogP contribution in [0.15, 0.2) is 36.4 Å². The van der Waals surface area contributed by atoms with Crippen LogP contribution in [0.2, 0.25) is 5.02 Å². The highest BCUT2D eigenvalue weighted by atomic mass is 35.5. The summed E-state index contributed by atoms with van der Waals surface area (Å²) in [6.07, 6.45) is 0. The van der Waals surface area contributed by atoms with Crippen LogP contribution in [0.5, 0.6) is 0 Å². The number of halogens is 3. The predicted octanol–water partition coefficient (Wildman–Crippen LogP) is 4.02. The lowest BCUT2D eigenvalue weighted by atomic mass is 10.1. The molecular weight excluding hydrogens is 300 g/mol. The fraction of sp³-hybridized carbons (Fsp3) is 0.133. The summed E-state index contributed by atoms with van der Waals surface area (Å²) in [5, 5.41) is 3.22. The third-order valence-corrected chi connectivity index (χ3v) is 3.10. The molecule has 2 aromatic rings. The van der Waals surface area contributed by atoms with Gasteiger partial charge < -0.3 is 10.1 Å². The van der Waals surface area contributed by atoms with Gasteiger partial charge in [-0.25, -0.2) is 13.6 Å². The van der Waals surface area contributed by atoms with E-state index in [0.29, 0.717) is 16.3 Å². The van der Waals surface area contributed by atoms with Crippen molar-refractivity contribution < 1.29 is 18.3 Å². The van der Waals surface area contributed by atoms with Crippen molar-refractivity contribution in [2.24, 2.45) is 0 Å². The topological polar surface area (TPSA) is 38.3 Å². The molecule has 2 rings (SSSR count). The van der Waals surface area contributed by atoms with E-state index in [1.54, 1.807) is 12.1 Å². The first-order valence-corrected chi connectivity index (χ1v) is 6.44. The summed E-state index contributed by atoms with van der Waals surface area (Å²) in [6.45, 7) is 0.176. The van der Waals surface area contributed by atoms with Gasteiger partial charge in [-0.1, -0.05) is 17.7 Å². The highest BCUT2D eigenvalue weighted by molar-refractivity contribution is 6.30. The van der Waals surface area contributed by atoms with Crippen molar-refractivity contribution in [2.45, 2.75) is 6.54 Å². The van der Waals surface area contributed by atoms with Crippen molar-refractivity contribution in [1.82, 2.24) is 0 Å². The second-order valence-electron chi connectivity index (χ2n) is 4.28. The Kier molecular flexibility index (Phi) is 4.75. The monoisotopic (exact) mass is 311 g/mol. The molecule has 0 aliphatic heterocycles. The molecule has 0 amide bonds. The molecule has 0 unspecified atom stereocenters. The number of hydrogen-bond acceptors (Lipinski definition) is 3. The number of anilines is 1. The molecule has 3 nitrogen and oxygen atoms in total. The maximum Gasteiger partial charge on any atom is 0.340 e. The predicted molar refractivity (Wildman–Crippen MR) is 76.5 cm³/mol. The van der Waals surface area contributed by atoms with Gasteiger partial charge in [-0.2, -0.15) is 0 Å². The van der Waals surface area contributed by atoms with Gasteiger partial charge in [0, 0.05) is 22.8 Å². The highest BCUT2D eigenvalue weighted by Gasteiger charge is 2.12. The van der Waals surface area contributed by atoms with Crippen molar-refractivity contribution in [2.75, 3.05) is 12.4 Å². The number of esters is 1. The second-order valence-corrected chi connectivity index (χ2v) is 4.71. The van der Waals surface area contributed by atoms with Gasteiger partial charge in [-0.15, -0.1) is 0 Å². The number of benzene rings is 2. The molecule has 110 valence electrons. The summed E-state index contributed by atoms with van der Waals surface area (Å²) in [6, 6.07) is 8.25. The Balaban J connectivity index is 2.15. The van der Waals surface area contributed by atoms with Gasteiger partial charge in [0.1, 0.15) is 11.6 Å². The van der Waals surface area contributed by atoms with Crippen LogP contribution in [0.25, 0.3) is 0 Å². The van der Waals surface area contributed by atoms with Crippen LogP contribution in [0.1, 0.15) is 15.9 Å². The molecule has 0 fully saturated rings. The average Bonchev–Trinajstić information content (AvgIpc) is 2.47. The Hall–Kier alpha value is -2.14. The second kappa shape index (κ2) is 6.54.